The second kappa shape index (κ2) is 12.2. The summed E-state index contributed by atoms with van der Waals surface area (Å²) >= 11 is 0. The molecule has 1 aromatic carbocycles. The van der Waals surface area contributed by atoms with Crippen LogP contribution in [0.15, 0.2) is 30.3 Å². The Kier molecular flexibility index (Phi) is 9.13. The minimum atomic E-state index is -3.57. The molecule has 3 fully saturated rings. The highest BCUT2D eigenvalue weighted by Crippen LogP contribution is 2.39. The van der Waals surface area contributed by atoms with E-state index in [0.717, 1.165) is 43.9 Å². The second-order valence-electron chi connectivity index (χ2n) is 11.2. The normalized spacial score (nSPS) is 26.0. The lowest BCUT2D eigenvalue weighted by Crippen LogP contribution is -2.57. The molecule has 1 saturated carbocycles. The van der Waals surface area contributed by atoms with Crippen LogP contribution >= 0.6 is 0 Å². The van der Waals surface area contributed by atoms with Crippen molar-refractivity contribution in [3.8, 4) is 0 Å². The van der Waals surface area contributed by atoms with Crippen LogP contribution in [0.3, 0.4) is 0 Å². The Morgan fingerprint density at radius 2 is 1.74 bits per heavy atom. The number of likely N-dealkylation sites (tertiary alicyclic amines) is 1. The lowest BCUT2D eigenvalue weighted by Gasteiger charge is -2.36. The Balaban J connectivity index is 1.58. The summed E-state index contributed by atoms with van der Waals surface area (Å²) in [5.74, 6) is -1.41. The maximum Gasteiger partial charge on any atom is 0.245 e. The molecule has 2 aliphatic heterocycles. The van der Waals surface area contributed by atoms with Crippen molar-refractivity contribution in [2.75, 3.05) is 19.3 Å². The highest BCUT2D eigenvalue weighted by molar-refractivity contribution is 7.88. The molecule has 0 bridgehead atoms. The van der Waals surface area contributed by atoms with Gasteiger partial charge in [0.2, 0.25) is 27.7 Å². The Morgan fingerprint density at radius 1 is 1.05 bits per heavy atom. The van der Waals surface area contributed by atoms with Gasteiger partial charge in [-0.1, -0.05) is 63.4 Å². The maximum absolute atomic E-state index is 14.1. The molecule has 3 aliphatic rings. The van der Waals surface area contributed by atoms with E-state index in [0.29, 0.717) is 25.9 Å². The van der Waals surface area contributed by atoms with Crippen LogP contribution in [0.4, 0.5) is 0 Å². The molecule has 0 unspecified atom stereocenters. The molecule has 2 heterocycles. The van der Waals surface area contributed by atoms with E-state index in [1.807, 2.05) is 44.2 Å². The average molecular weight is 547 g/mol. The summed E-state index contributed by atoms with van der Waals surface area (Å²) in [6.45, 7) is 4.55. The van der Waals surface area contributed by atoms with Gasteiger partial charge in [0.25, 0.3) is 0 Å². The third-order valence-electron chi connectivity index (χ3n) is 8.68. The van der Waals surface area contributed by atoms with Gasteiger partial charge in [0.1, 0.15) is 6.04 Å². The summed E-state index contributed by atoms with van der Waals surface area (Å²) in [5, 5.41) is 6.03. The summed E-state index contributed by atoms with van der Waals surface area (Å²) < 4.78 is 26.7. The van der Waals surface area contributed by atoms with E-state index in [-0.39, 0.29) is 36.1 Å². The number of hydrogen-bond acceptors (Lipinski definition) is 5. The Morgan fingerprint density at radius 3 is 2.37 bits per heavy atom. The van der Waals surface area contributed by atoms with Crippen LogP contribution in [-0.2, 0) is 31.0 Å². The van der Waals surface area contributed by atoms with Gasteiger partial charge in [-0.05, 0) is 37.2 Å². The quantitative estimate of drug-likeness (QED) is 0.493. The van der Waals surface area contributed by atoms with E-state index in [4.69, 9.17) is 0 Å². The minimum Gasteiger partial charge on any atom is -0.352 e. The van der Waals surface area contributed by atoms with Gasteiger partial charge in [0.05, 0.1) is 18.2 Å². The molecule has 210 valence electrons. The smallest absolute Gasteiger partial charge is 0.245 e. The van der Waals surface area contributed by atoms with E-state index < -0.39 is 34.1 Å². The fourth-order valence-corrected chi connectivity index (χ4v) is 7.49. The SMILES string of the molecule is CC[C@@H](C)C(=O)N[C@H](C(=O)N1CC[C@@H]2[C@H]1[C@@H](C(=O)NCc1ccccc1)CN2S(C)(=O)=O)C1CCCCC1. The fraction of sp³-hybridized carbons (Fsp3) is 0.679. The summed E-state index contributed by atoms with van der Waals surface area (Å²) in [4.78, 5) is 42.2. The highest BCUT2D eigenvalue weighted by Gasteiger charge is 2.56. The summed E-state index contributed by atoms with van der Waals surface area (Å²) in [7, 11) is -3.57. The molecule has 10 heteroatoms. The first-order valence-corrected chi connectivity index (χ1v) is 15.9. The first kappa shape index (κ1) is 28.5. The van der Waals surface area contributed by atoms with Crippen LogP contribution < -0.4 is 10.6 Å². The number of carbonyl (C=O) groups excluding carboxylic acids is 3. The summed E-state index contributed by atoms with van der Waals surface area (Å²) in [6, 6.07) is 7.88. The topological polar surface area (TPSA) is 116 Å². The van der Waals surface area contributed by atoms with E-state index in [1.165, 1.54) is 4.31 Å². The van der Waals surface area contributed by atoms with Gasteiger partial charge in [0.15, 0.2) is 0 Å². The third kappa shape index (κ3) is 6.22. The number of hydrogen-bond donors (Lipinski definition) is 2. The molecule has 9 nitrogen and oxygen atoms in total. The molecule has 38 heavy (non-hydrogen) atoms. The average Bonchev–Trinajstić information content (AvgIpc) is 3.51. The predicted molar refractivity (Wildman–Crippen MR) is 145 cm³/mol. The third-order valence-corrected chi connectivity index (χ3v) is 9.95. The molecule has 5 atom stereocenters. The lowest BCUT2D eigenvalue weighted by molar-refractivity contribution is -0.141. The molecule has 0 spiro atoms. The van der Waals surface area contributed by atoms with Crippen molar-refractivity contribution in [2.45, 2.75) is 83.5 Å². The number of nitrogens with one attached hydrogen (secondary N) is 2. The van der Waals surface area contributed by atoms with Crippen molar-refractivity contribution in [3.63, 3.8) is 0 Å². The highest BCUT2D eigenvalue weighted by atomic mass is 32.2. The van der Waals surface area contributed by atoms with Crippen molar-refractivity contribution in [2.24, 2.45) is 17.8 Å². The van der Waals surface area contributed by atoms with Crippen LogP contribution in [0, 0.1) is 17.8 Å². The van der Waals surface area contributed by atoms with Crippen molar-refractivity contribution in [1.82, 2.24) is 19.8 Å². The predicted octanol–water partition coefficient (Wildman–Crippen LogP) is 2.27. The second-order valence-corrected chi connectivity index (χ2v) is 13.1. The number of amides is 3. The molecule has 0 aromatic heterocycles. The minimum absolute atomic E-state index is 0.0427. The maximum atomic E-state index is 14.1. The fourth-order valence-electron chi connectivity index (χ4n) is 6.34. The zero-order valence-electron chi connectivity index (χ0n) is 22.8. The van der Waals surface area contributed by atoms with Gasteiger partial charge in [0, 0.05) is 31.6 Å². The zero-order chi connectivity index (χ0) is 27.4. The van der Waals surface area contributed by atoms with Crippen LogP contribution in [-0.4, -0.2) is 72.8 Å². The van der Waals surface area contributed by atoms with Gasteiger partial charge in [-0.3, -0.25) is 14.4 Å². The Bertz CT molecular complexity index is 1110. The first-order chi connectivity index (χ1) is 18.1. The largest absolute Gasteiger partial charge is 0.352 e. The Labute approximate surface area is 226 Å². The van der Waals surface area contributed by atoms with Gasteiger partial charge < -0.3 is 15.5 Å². The van der Waals surface area contributed by atoms with Gasteiger partial charge in [-0.15, -0.1) is 0 Å². The number of rotatable bonds is 9. The molecular formula is C28H42N4O5S. The van der Waals surface area contributed by atoms with Crippen molar-refractivity contribution in [3.05, 3.63) is 35.9 Å². The lowest BCUT2D eigenvalue weighted by atomic mass is 9.82. The summed E-state index contributed by atoms with van der Waals surface area (Å²) in [5.41, 5.74) is 0.944. The molecule has 1 aliphatic carbocycles. The van der Waals surface area contributed by atoms with Crippen molar-refractivity contribution >= 4 is 27.7 Å². The summed E-state index contributed by atoms with van der Waals surface area (Å²) in [6.07, 6.45) is 7.22. The number of sulfonamides is 1. The molecule has 3 amide bonds. The molecule has 4 rings (SSSR count). The van der Waals surface area contributed by atoms with Crippen molar-refractivity contribution in [1.29, 1.82) is 0 Å². The number of carbonyl (C=O) groups is 3. The van der Waals surface area contributed by atoms with Crippen LogP contribution in [0.2, 0.25) is 0 Å². The first-order valence-electron chi connectivity index (χ1n) is 14.0. The number of nitrogens with zero attached hydrogens (tertiary/aromatic N) is 2. The molecule has 2 N–H and O–H groups in total. The zero-order valence-corrected chi connectivity index (χ0v) is 23.6. The Hall–Kier alpha value is -2.46. The van der Waals surface area contributed by atoms with Gasteiger partial charge >= 0.3 is 0 Å². The number of benzene rings is 1. The van der Waals surface area contributed by atoms with E-state index in [9.17, 15) is 22.8 Å². The van der Waals surface area contributed by atoms with Gasteiger partial charge in [-0.25, -0.2) is 8.42 Å². The van der Waals surface area contributed by atoms with E-state index in [1.54, 1.807) is 4.90 Å². The van der Waals surface area contributed by atoms with Crippen LogP contribution in [0.1, 0.15) is 64.4 Å². The van der Waals surface area contributed by atoms with Crippen LogP contribution in [0.5, 0.6) is 0 Å². The van der Waals surface area contributed by atoms with Crippen LogP contribution in [0.25, 0.3) is 0 Å². The molecule has 1 aromatic rings. The molecule has 2 saturated heterocycles. The monoisotopic (exact) mass is 546 g/mol. The molecular weight excluding hydrogens is 504 g/mol. The van der Waals surface area contributed by atoms with Gasteiger partial charge in [-0.2, -0.15) is 4.31 Å². The van der Waals surface area contributed by atoms with Crippen molar-refractivity contribution < 1.29 is 22.8 Å². The van der Waals surface area contributed by atoms with E-state index in [2.05, 4.69) is 10.6 Å². The number of fused-ring (bicyclic) bond motifs is 1. The molecule has 0 radical (unpaired) electrons. The standard InChI is InChI=1S/C28H42N4O5S/c1-4-19(2)26(33)30-24(21-13-9-6-10-14-21)28(35)31-16-15-23-25(31)22(18-32(23)38(3,36)37)27(34)29-17-20-11-7-5-8-12-20/h5,7-8,11-12,19,21-25H,4,6,9-10,13-18H2,1-3H3,(H,29,34)(H,30,33)/t19-,22+,23-,24+,25-/m1/s1. The van der Waals surface area contributed by atoms with E-state index >= 15 is 0 Å².